The molecule has 1 saturated carbocycles. The van der Waals surface area contributed by atoms with E-state index in [1.807, 2.05) is 26.0 Å². The Morgan fingerprint density at radius 2 is 1.82 bits per heavy atom. The van der Waals surface area contributed by atoms with Crippen LogP contribution in [0.5, 0.6) is 5.75 Å². The first kappa shape index (κ1) is 12.4. The van der Waals surface area contributed by atoms with Crippen molar-refractivity contribution in [3.8, 4) is 5.75 Å². The van der Waals surface area contributed by atoms with Gasteiger partial charge in [0.05, 0.1) is 6.10 Å². The van der Waals surface area contributed by atoms with Gasteiger partial charge < -0.3 is 5.11 Å². The number of aryl methyl sites for hydroxylation is 2. The Labute approximate surface area is 103 Å². The summed E-state index contributed by atoms with van der Waals surface area (Å²) in [6, 6.07) is 3.99. The van der Waals surface area contributed by atoms with Crippen molar-refractivity contribution < 1.29 is 9.94 Å². The molecule has 0 aliphatic heterocycles. The molecule has 1 aliphatic rings. The smallest absolute Gasteiger partial charge is 0.121 e. The maximum Gasteiger partial charge on any atom is 0.121 e. The number of hydrogen-bond acceptors (Lipinski definition) is 3. The Bertz CT molecular complexity index is 361. The van der Waals surface area contributed by atoms with Crippen LogP contribution in [0.3, 0.4) is 0 Å². The van der Waals surface area contributed by atoms with Crippen LogP contribution in [0.25, 0.3) is 0 Å². The molecule has 0 saturated heterocycles. The molecule has 0 amide bonds. The van der Waals surface area contributed by atoms with E-state index in [1.54, 1.807) is 0 Å². The van der Waals surface area contributed by atoms with Gasteiger partial charge in [0.15, 0.2) is 0 Å². The van der Waals surface area contributed by atoms with Crippen LogP contribution in [-0.4, -0.2) is 11.2 Å². The van der Waals surface area contributed by atoms with Crippen molar-refractivity contribution in [2.45, 2.75) is 52.2 Å². The third-order valence-corrected chi connectivity index (χ3v) is 3.38. The zero-order valence-corrected chi connectivity index (χ0v) is 10.6. The summed E-state index contributed by atoms with van der Waals surface area (Å²) in [5, 5.41) is 9.68. The van der Waals surface area contributed by atoms with Crippen LogP contribution in [0.4, 0.5) is 0 Å². The summed E-state index contributed by atoms with van der Waals surface area (Å²) in [5.41, 5.74) is 6.02. The number of rotatable bonds is 4. The number of hydroxylamine groups is 1. The van der Waals surface area contributed by atoms with Crippen LogP contribution in [0.2, 0.25) is 0 Å². The molecule has 0 radical (unpaired) electrons. The van der Waals surface area contributed by atoms with Crippen molar-refractivity contribution >= 4 is 0 Å². The molecule has 1 aromatic rings. The van der Waals surface area contributed by atoms with Crippen LogP contribution < -0.4 is 5.48 Å². The van der Waals surface area contributed by atoms with E-state index in [4.69, 9.17) is 4.84 Å². The minimum absolute atomic E-state index is 0.384. The van der Waals surface area contributed by atoms with Crippen LogP contribution in [0, 0.1) is 13.8 Å². The maximum absolute atomic E-state index is 9.68. The lowest BCUT2D eigenvalue weighted by Crippen LogP contribution is -2.21. The summed E-state index contributed by atoms with van der Waals surface area (Å²) in [5.74, 6) is 0.394. The highest BCUT2D eigenvalue weighted by Gasteiger charge is 2.15. The highest BCUT2D eigenvalue weighted by atomic mass is 16.7. The number of benzene rings is 1. The first-order chi connectivity index (χ1) is 8.16. The van der Waals surface area contributed by atoms with Gasteiger partial charge in [0.2, 0.25) is 0 Å². The normalized spacial score (nSPS) is 16.6. The van der Waals surface area contributed by atoms with Crippen molar-refractivity contribution in [3.63, 3.8) is 0 Å². The van der Waals surface area contributed by atoms with Gasteiger partial charge in [-0.3, -0.25) is 4.84 Å². The highest BCUT2D eigenvalue weighted by Crippen LogP contribution is 2.23. The first-order valence-electron chi connectivity index (χ1n) is 6.34. The lowest BCUT2D eigenvalue weighted by atomic mass is 10.1. The molecule has 3 heteroatoms. The van der Waals surface area contributed by atoms with Gasteiger partial charge in [0.1, 0.15) is 5.75 Å². The SMILES string of the molecule is Cc1cc(CNOC2CCCC2)cc(C)c1O. The molecular formula is C14H21NO2. The molecule has 0 aromatic heterocycles. The lowest BCUT2D eigenvalue weighted by molar-refractivity contribution is -0.0244. The lowest BCUT2D eigenvalue weighted by Gasteiger charge is -2.13. The number of nitrogens with one attached hydrogen (secondary N) is 1. The highest BCUT2D eigenvalue weighted by molar-refractivity contribution is 5.42. The summed E-state index contributed by atoms with van der Waals surface area (Å²) in [6.07, 6.45) is 5.28. The van der Waals surface area contributed by atoms with Gasteiger partial charge in [-0.05, 0) is 43.4 Å². The third-order valence-electron chi connectivity index (χ3n) is 3.38. The molecule has 17 heavy (non-hydrogen) atoms. The molecule has 0 heterocycles. The van der Waals surface area contributed by atoms with Gasteiger partial charge in [-0.2, -0.15) is 5.48 Å². The predicted molar refractivity (Wildman–Crippen MR) is 67.8 cm³/mol. The maximum atomic E-state index is 9.68. The second-order valence-electron chi connectivity index (χ2n) is 4.92. The zero-order chi connectivity index (χ0) is 12.3. The minimum Gasteiger partial charge on any atom is -0.507 e. The number of phenolic OH excluding ortho intramolecular Hbond substituents is 1. The van der Waals surface area contributed by atoms with Crippen molar-refractivity contribution in [2.75, 3.05) is 0 Å². The molecule has 1 aromatic carbocycles. The van der Waals surface area contributed by atoms with Crippen molar-refractivity contribution in [3.05, 3.63) is 28.8 Å². The summed E-state index contributed by atoms with van der Waals surface area (Å²) in [4.78, 5) is 5.60. The summed E-state index contributed by atoms with van der Waals surface area (Å²) < 4.78 is 0. The van der Waals surface area contributed by atoms with Gasteiger partial charge in [-0.15, -0.1) is 0 Å². The molecule has 94 valence electrons. The summed E-state index contributed by atoms with van der Waals surface area (Å²) in [6.45, 7) is 4.53. The van der Waals surface area contributed by atoms with E-state index in [0.717, 1.165) is 16.7 Å². The predicted octanol–water partition coefficient (Wildman–Crippen LogP) is 2.97. The van der Waals surface area contributed by atoms with Crippen molar-refractivity contribution in [1.29, 1.82) is 0 Å². The number of hydrogen-bond donors (Lipinski definition) is 2. The van der Waals surface area contributed by atoms with Crippen LogP contribution in [0.15, 0.2) is 12.1 Å². The monoisotopic (exact) mass is 235 g/mol. The quantitative estimate of drug-likeness (QED) is 0.788. The minimum atomic E-state index is 0.384. The third kappa shape index (κ3) is 3.20. The Kier molecular flexibility index (Phi) is 4.02. The largest absolute Gasteiger partial charge is 0.507 e. The van der Waals surface area contributed by atoms with Gasteiger partial charge in [0.25, 0.3) is 0 Å². The molecule has 1 fully saturated rings. The summed E-state index contributed by atoms with van der Waals surface area (Å²) >= 11 is 0. The van der Waals surface area contributed by atoms with E-state index in [1.165, 1.54) is 25.7 Å². The molecule has 0 atom stereocenters. The Hall–Kier alpha value is -1.06. The molecule has 0 bridgehead atoms. The fraction of sp³-hybridized carbons (Fsp3) is 0.571. The van der Waals surface area contributed by atoms with Gasteiger partial charge in [-0.1, -0.05) is 25.0 Å². The Morgan fingerprint density at radius 1 is 1.24 bits per heavy atom. The van der Waals surface area contributed by atoms with E-state index >= 15 is 0 Å². The van der Waals surface area contributed by atoms with Crippen LogP contribution in [-0.2, 0) is 11.4 Å². The second kappa shape index (κ2) is 5.52. The summed E-state index contributed by atoms with van der Waals surface area (Å²) in [7, 11) is 0. The van der Waals surface area contributed by atoms with Gasteiger partial charge in [-0.25, -0.2) is 0 Å². The molecular weight excluding hydrogens is 214 g/mol. The van der Waals surface area contributed by atoms with E-state index in [-0.39, 0.29) is 0 Å². The number of phenols is 1. The van der Waals surface area contributed by atoms with E-state index in [0.29, 0.717) is 18.4 Å². The molecule has 0 spiro atoms. The van der Waals surface area contributed by atoms with Gasteiger partial charge in [0, 0.05) is 6.54 Å². The molecule has 1 aliphatic carbocycles. The molecule has 3 nitrogen and oxygen atoms in total. The first-order valence-corrected chi connectivity index (χ1v) is 6.34. The molecule has 2 N–H and O–H groups in total. The van der Waals surface area contributed by atoms with Crippen molar-refractivity contribution in [2.24, 2.45) is 0 Å². The van der Waals surface area contributed by atoms with E-state index < -0.39 is 0 Å². The average Bonchev–Trinajstić information content (AvgIpc) is 2.79. The van der Waals surface area contributed by atoms with Crippen LogP contribution >= 0.6 is 0 Å². The zero-order valence-electron chi connectivity index (χ0n) is 10.6. The standard InChI is InChI=1S/C14H21NO2/c1-10-7-12(8-11(2)14(10)16)9-15-17-13-5-3-4-6-13/h7-8,13,15-16H,3-6,9H2,1-2H3. The second-order valence-corrected chi connectivity index (χ2v) is 4.92. The van der Waals surface area contributed by atoms with Crippen LogP contribution in [0.1, 0.15) is 42.4 Å². The topological polar surface area (TPSA) is 41.5 Å². The van der Waals surface area contributed by atoms with Crippen molar-refractivity contribution in [1.82, 2.24) is 5.48 Å². The fourth-order valence-electron chi connectivity index (χ4n) is 2.40. The molecule has 2 rings (SSSR count). The average molecular weight is 235 g/mol. The molecule has 0 unspecified atom stereocenters. The van der Waals surface area contributed by atoms with E-state index in [9.17, 15) is 5.11 Å². The Balaban J connectivity index is 1.86. The Morgan fingerprint density at radius 3 is 2.41 bits per heavy atom. The van der Waals surface area contributed by atoms with Gasteiger partial charge >= 0.3 is 0 Å². The van der Waals surface area contributed by atoms with E-state index in [2.05, 4.69) is 5.48 Å². The number of aromatic hydroxyl groups is 1. The fourth-order valence-corrected chi connectivity index (χ4v) is 2.40.